The van der Waals surface area contributed by atoms with Crippen LogP contribution < -0.4 is 30.1 Å². The van der Waals surface area contributed by atoms with E-state index in [4.69, 9.17) is 9.47 Å². The van der Waals surface area contributed by atoms with E-state index in [1.54, 1.807) is 48.5 Å². The summed E-state index contributed by atoms with van der Waals surface area (Å²) in [6.07, 6.45) is 2.38. The summed E-state index contributed by atoms with van der Waals surface area (Å²) in [6.45, 7) is 0.958. The molecular formula is C28H30N6O5S. The summed E-state index contributed by atoms with van der Waals surface area (Å²) < 4.78 is 40.2. The fourth-order valence-corrected chi connectivity index (χ4v) is 5.07. The molecule has 1 amide bonds. The van der Waals surface area contributed by atoms with Gasteiger partial charge in [-0.3, -0.25) is 9.52 Å². The van der Waals surface area contributed by atoms with E-state index < -0.39 is 10.0 Å². The Balaban J connectivity index is 1.40. The predicted octanol–water partition coefficient (Wildman–Crippen LogP) is 4.13. The van der Waals surface area contributed by atoms with Gasteiger partial charge in [0.2, 0.25) is 5.91 Å². The monoisotopic (exact) mass is 562 g/mol. The molecule has 4 aromatic rings. The maximum absolute atomic E-state index is 13.5. The molecule has 12 heteroatoms. The zero-order valence-corrected chi connectivity index (χ0v) is 22.9. The first-order valence-electron chi connectivity index (χ1n) is 12.7. The number of fused-ring (bicyclic) bond motifs is 1. The van der Waals surface area contributed by atoms with E-state index >= 15 is 0 Å². The fraction of sp³-hybridized carbons (Fsp3) is 0.250. The number of aromatic nitrogens is 2. The van der Waals surface area contributed by atoms with Crippen molar-refractivity contribution in [3.05, 3.63) is 66.7 Å². The third-order valence-corrected chi connectivity index (χ3v) is 7.60. The lowest BCUT2D eigenvalue weighted by Crippen LogP contribution is -2.29. The standard InChI is InChI=1S/C28H30N6O5S/c1-38-21-12-20(13-22(15-21)39-2)31-27-28(33-25-9-4-3-8-24(25)32-27)34-40(36,37)23-7-5-6-19(14-23)30-26(35)17-29-16-18-10-11-18/h3-9,12-15,18,29H,10-11,16-17H2,1-2H3,(H,30,35)(H,31,32)(H,33,34). The number of ether oxygens (including phenoxy) is 2. The third kappa shape index (κ3) is 6.77. The van der Waals surface area contributed by atoms with Crippen LogP contribution in [0.4, 0.5) is 23.0 Å². The van der Waals surface area contributed by atoms with Crippen molar-refractivity contribution < 1.29 is 22.7 Å². The first-order chi connectivity index (χ1) is 19.3. The predicted molar refractivity (Wildman–Crippen MR) is 154 cm³/mol. The minimum Gasteiger partial charge on any atom is -0.497 e. The molecule has 0 saturated heterocycles. The number of methoxy groups -OCH3 is 2. The van der Waals surface area contributed by atoms with Crippen LogP contribution in [-0.2, 0) is 14.8 Å². The Bertz CT molecular complexity index is 1620. The van der Waals surface area contributed by atoms with Crippen molar-refractivity contribution in [2.75, 3.05) is 42.7 Å². The summed E-state index contributed by atoms with van der Waals surface area (Å²) in [4.78, 5) is 21.4. The first-order valence-corrected chi connectivity index (χ1v) is 14.2. The Morgan fingerprint density at radius 2 is 1.55 bits per heavy atom. The molecule has 5 rings (SSSR count). The van der Waals surface area contributed by atoms with Crippen molar-refractivity contribution in [3.8, 4) is 11.5 Å². The molecule has 0 spiro atoms. The Hall–Kier alpha value is -4.42. The minimum absolute atomic E-state index is 0.000739. The number of anilines is 4. The minimum atomic E-state index is -4.11. The number of amides is 1. The highest BCUT2D eigenvalue weighted by Crippen LogP contribution is 2.32. The average molecular weight is 563 g/mol. The number of hydrogen-bond donors (Lipinski definition) is 4. The van der Waals surface area contributed by atoms with Crippen molar-refractivity contribution in [2.24, 2.45) is 5.92 Å². The Kier molecular flexibility index (Phi) is 7.99. The SMILES string of the molecule is COc1cc(Nc2nc3ccccc3nc2NS(=O)(=O)c2cccc(NC(=O)CNCC3CC3)c2)cc(OC)c1. The number of sulfonamides is 1. The van der Waals surface area contributed by atoms with Crippen LogP contribution in [-0.4, -0.2) is 51.6 Å². The molecule has 3 aromatic carbocycles. The van der Waals surface area contributed by atoms with Crippen LogP contribution in [0.3, 0.4) is 0 Å². The molecule has 11 nitrogen and oxygen atoms in total. The molecule has 40 heavy (non-hydrogen) atoms. The number of nitrogens with one attached hydrogen (secondary N) is 4. The van der Waals surface area contributed by atoms with Crippen molar-refractivity contribution in [1.29, 1.82) is 0 Å². The lowest BCUT2D eigenvalue weighted by atomic mass is 10.2. The highest BCUT2D eigenvalue weighted by Gasteiger charge is 2.22. The van der Waals surface area contributed by atoms with E-state index in [2.05, 4.69) is 30.6 Å². The number of nitrogens with zero attached hydrogens (tertiary/aromatic N) is 2. The van der Waals surface area contributed by atoms with Crippen molar-refractivity contribution >= 4 is 50.0 Å². The summed E-state index contributed by atoms with van der Waals surface area (Å²) in [7, 11) is -1.04. The number of rotatable bonds is 12. The van der Waals surface area contributed by atoms with Crippen molar-refractivity contribution in [1.82, 2.24) is 15.3 Å². The molecule has 0 aliphatic heterocycles. The lowest BCUT2D eigenvalue weighted by molar-refractivity contribution is -0.115. The van der Waals surface area contributed by atoms with Crippen molar-refractivity contribution in [3.63, 3.8) is 0 Å². The van der Waals surface area contributed by atoms with E-state index in [-0.39, 0.29) is 29.0 Å². The number of hydrogen-bond acceptors (Lipinski definition) is 9. The number of benzene rings is 3. The Morgan fingerprint density at radius 1 is 0.875 bits per heavy atom. The molecule has 1 saturated carbocycles. The highest BCUT2D eigenvalue weighted by molar-refractivity contribution is 7.92. The van der Waals surface area contributed by atoms with Gasteiger partial charge in [0.25, 0.3) is 10.0 Å². The van der Waals surface area contributed by atoms with E-state index in [9.17, 15) is 13.2 Å². The number of carbonyl (C=O) groups is 1. The second-order valence-corrected chi connectivity index (χ2v) is 11.1. The van der Waals surface area contributed by atoms with Crippen LogP contribution in [0.1, 0.15) is 12.8 Å². The van der Waals surface area contributed by atoms with Gasteiger partial charge in [0.05, 0.1) is 36.7 Å². The summed E-state index contributed by atoms with van der Waals surface area (Å²) in [5.41, 5.74) is 2.00. The summed E-state index contributed by atoms with van der Waals surface area (Å²) in [5.74, 6) is 1.67. The summed E-state index contributed by atoms with van der Waals surface area (Å²) >= 11 is 0. The molecule has 1 heterocycles. The topological polar surface area (TPSA) is 144 Å². The molecule has 208 valence electrons. The van der Waals surface area contributed by atoms with E-state index in [1.165, 1.54) is 39.2 Å². The molecule has 0 bridgehead atoms. The van der Waals surface area contributed by atoms with Crippen LogP contribution in [0.25, 0.3) is 11.0 Å². The molecule has 4 N–H and O–H groups in total. The maximum atomic E-state index is 13.5. The van der Waals surface area contributed by atoms with Crippen LogP contribution in [0.2, 0.25) is 0 Å². The van der Waals surface area contributed by atoms with Gasteiger partial charge in [-0.05, 0) is 55.6 Å². The summed E-state index contributed by atoms with van der Waals surface area (Å²) in [5, 5.41) is 9.00. The largest absolute Gasteiger partial charge is 0.497 e. The molecular weight excluding hydrogens is 532 g/mol. The molecule has 1 fully saturated rings. The van der Waals surface area contributed by atoms with Crippen molar-refractivity contribution in [2.45, 2.75) is 17.7 Å². The van der Waals surface area contributed by atoms with Gasteiger partial charge in [0.1, 0.15) is 11.5 Å². The van der Waals surface area contributed by atoms with Crippen LogP contribution in [0, 0.1) is 5.92 Å². The van der Waals surface area contributed by atoms with Gasteiger partial charge in [-0.15, -0.1) is 0 Å². The second kappa shape index (κ2) is 11.8. The van der Waals surface area contributed by atoms with Gasteiger partial charge in [-0.1, -0.05) is 18.2 Å². The maximum Gasteiger partial charge on any atom is 0.263 e. The molecule has 1 aliphatic rings. The molecule has 0 unspecified atom stereocenters. The first kappa shape index (κ1) is 27.2. The van der Waals surface area contributed by atoms with E-state index in [0.717, 1.165) is 6.54 Å². The molecule has 0 radical (unpaired) electrons. The highest BCUT2D eigenvalue weighted by atomic mass is 32.2. The summed E-state index contributed by atoms with van der Waals surface area (Å²) in [6, 6.07) is 18.3. The van der Waals surface area contributed by atoms with Gasteiger partial charge < -0.3 is 25.4 Å². The van der Waals surface area contributed by atoms with Gasteiger partial charge in [-0.2, -0.15) is 0 Å². The van der Waals surface area contributed by atoms with Crippen LogP contribution >= 0.6 is 0 Å². The van der Waals surface area contributed by atoms with Gasteiger partial charge >= 0.3 is 0 Å². The molecule has 1 aromatic heterocycles. The van der Waals surface area contributed by atoms with E-state index in [1.807, 2.05) is 6.07 Å². The number of carbonyl (C=O) groups excluding carboxylic acids is 1. The van der Waals surface area contributed by atoms with E-state index in [0.29, 0.717) is 39.8 Å². The fourth-order valence-electron chi connectivity index (χ4n) is 4.02. The van der Waals surface area contributed by atoms with Crippen LogP contribution in [0.15, 0.2) is 71.6 Å². The Labute approximate surface area is 232 Å². The van der Waals surface area contributed by atoms with Crippen LogP contribution in [0.5, 0.6) is 11.5 Å². The average Bonchev–Trinajstić information content (AvgIpc) is 3.77. The van der Waals surface area contributed by atoms with Gasteiger partial charge in [0.15, 0.2) is 11.6 Å². The normalized spacial score (nSPS) is 13.1. The number of para-hydroxylation sites is 2. The molecule has 0 atom stereocenters. The van der Waals surface area contributed by atoms with Gasteiger partial charge in [0, 0.05) is 29.6 Å². The molecule has 1 aliphatic carbocycles. The second-order valence-electron chi connectivity index (χ2n) is 9.39. The lowest BCUT2D eigenvalue weighted by Gasteiger charge is -2.15. The smallest absolute Gasteiger partial charge is 0.263 e. The Morgan fingerprint density at radius 3 is 2.20 bits per heavy atom. The van der Waals surface area contributed by atoms with Gasteiger partial charge in [-0.25, -0.2) is 18.4 Å². The zero-order chi connectivity index (χ0) is 28.1. The third-order valence-electron chi connectivity index (χ3n) is 6.26. The zero-order valence-electron chi connectivity index (χ0n) is 22.1. The quantitative estimate of drug-likeness (QED) is 0.200.